The average Bonchev–Trinajstić information content (AvgIpc) is 2.44. The Morgan fingerprint density at radius 1 is 1.18 bits per heavy atom. The summed E-state index contributed by atoms with van der Waals surface area (Å²) in [4.78, 5) is 14.5. The van der Waals surface area contributed by atoms with E-state index in [4.69, 9.17) is 0 Å². The van der Waals surface area contributed by atoms with Gasteiger partial charge >= 0.3 is 0 Å². The number of likely N-dealkylation sites (N-methyl/N-ethyl adjacent to an activating group) is 1. The third-order valence-corrected chi connectivity index (χ3v) is 4.59. The van der Waals surface area contributed by atoms with Crippen LogP contribution in [0.25, 0.3) is 0 Å². The number of nitrogens with one attached hydrogen (secondary N) is 1. The molecular formula is C15H25N3O3S. The number of benzene rings is 1. The molecule has 1 N–H and O–H groups in total. The monoisotopic (exact) mass is 327 g/mol. The number of carbonyl (C=O) groups is 1. The van der Waals surface area contributed by atoms with Gasteiger partial charge in [0.15, 0.2) is 0 Å². The minimum atomic E-state index is -3.47. The van der Waals surface area contributed by atoms with E-state index in [-0.39, 0.29) is 5.91 Å². The zero-order chi connectivity index (χ0) is 16.8. The lowest BCUT2D eigenvalue weighted by Gasteiger charge is -2.25. The number of amides is 1. The summed E-state index contributed by atoms with van der Waals surface area (Å²) < 4.78 is 24.7. The lowest BCUT2D eigenvalue weighted by Crippen LogP contribution is -2.41. The van der Waals surface area contributed by atoms with Gasteiger partial charge in [0.1, 0.15) is 6.04 Å². The van der Waals surface area contributed by atoms with Crippen LogP contribution in [0.5, 0.6) is 0 Å². The van der Waals surface area contributed by atoms with Gasteiger partial charge in [0, 0.05) is 13.6 Å². The van der Waals surface area contributed by atoms with Gasteiger partial charge in [-0.25, -0.2) is 8.42 Å². The topological polar surface area (TPSA) is 69.7 Å². The van der Waals surface area contributed by atoms with Crippen LogP contribution in [-0.2, 0) is 14.8 Å². The van der Waals surface area contributed by atoms with Gasteiger partial charge < -0.3 is 10.2 Å². The first kappa shape index (κ1) is 18.6. The van der Waals surface area contributed by atoms with Gasteiger partial charge in [-0.1, -0.05) is 30.3 Å². The highest BCUT2D eigenvalue weighted by Gasteiger charge is 2.30. The second kappa shape index (κ2) is 8.26. The maximum atomic E-state index is 12.4. The van der Waals surface area contributed by atoms with Crippen molar-refractivity contribution < 1.29 is 13.2 Å². The lowest BCUT2D eigenvalue weighted by molar-refractivity contribution is -0.124. The first-order chi connectivity index (χ1) is 10.2. The molecule has 0 heterocycles. The number of rotatable bonds is 8. The Bertz CT molecular complexity index is 573. The normalized spacial score (nSPS) is 13.4. The number of nitrogens with zero attached hydrogens (tertiary/aromatic N) is 2. The summed E-state index contributed by atoms with van der Waals surface area (Å²) in [6, 6.07) is 8.07. The van der Waals surface area contributed by atoms with Crippen molar-refractivity contribution in [3.63, 3.8) is 0 Å². The van der Waals surface area contributed by atoms with Crippen LogP contribution in [0.3, 0.4) is 0 Å². The molecule has 0 unspecified atom stereocenters. The van der Waals surface area contributed by atoms with Crippen molar-refractivity contribution in [3.05, 3.63) is 35.9 Å². The van der Waals surface area contributed by atoms with E-state index in [1.54, 1.807) is 24.3 Å². The molecule has 124 valence electrons. The van der Waals surface area contributed by atoms with E-state index >= 15 is 0 Å². The molecular weight excluding hydrogens is 302 g/mol. The molecule has 0 radical (unpaired) electrons. The summed E-state index contributed by atoms with van der Waals surface area (Å²) in [7, 11) is 1.88. The molecule has 0 fully saturated rings. The average molecular weight is 327 g/mol. The van der Waals surface area contributed by atoms with E-state index in [1.165, 1.54) is 7.05 Å². The second-order valence-corrected chi connectivity index (χ2v) is 7.58. The van der Waals surface area contributed by atoms with Crippen LogP contribution in [-0.4, -0.2) is 64.0 Å². The molecule has 0 saturated heterocycles. The maximum absolute atomic E-state index is 12.4. The Kier molecular flexibility index (Phi) is 6.99. The van der Waals surface area contributed by atoms with Gasteiger partial charge in [0.2, 0.25) is 15.9 Å². The largest absolute Gasteiger partial charge is 0.354 e. The molecule has 7 heteroatoms. The number of carbonyl (C=O) groups excluding carboxylic acids is 1. The van der Waals surface area contributed by atoms with Crippen molar-refractivity contribution in [2.45, 2.75) is 12.5 Å². The lowest BCUT2D eigenvalue weighted by atomic mass is 10.1. The van der Waals surface area contributed by atoms with Crippen LogP contribution >= 0.6 is 0 Å². The van der Waals surface area contributed by atoms with Crippen LogP contribution in [0.1, 0.15) is 18.0 Å². The van der Waals surface area contributed by atoms with Crippen LogP contribution < -0.4 is 5.32 Å². The third kappa shape index (κ3) is 5.75. The Hall–Kier alpha value is -1.44. The van der Waals surface area contributed by atoms with Crippen molar-refractivity contribution in [3.8, 4) is 0 Å². The predicted molar refractivity (Wildman–Crippen MR) is 88.0 cm³/mol. The number of hydrogen-bond acceptors (Lipinski definition) is 4. The van der Waals surface area contributed by atoms with Crippen LogP contribution in [0.4, 0.5) is 0 Å². The molecule has 0 aliphatic carbocycles. The van der Waals surface area contributed by atoms with E-state index in [0.29, 0.717) is 12.1 Å². The number of hydrogen-bond donors (Lipinski definition) is 1. The smallest absolute Gasteiger partial charge is 0.242 e. The van der Waals surface area contributed by atoms with Gasteiger partial charge in [0.25, 0.3) is 0 Å². The molecule has 0 aliphatic rings. The van der Waals surface area contributed by atoms with E-state index in [0.717, 1.165) is 23.5 Å². The first-order valence-corrected chi connectivity index (χ1v) is 8.98. The van der Waals surface area contributed by atoms with Gasteiger partial charge in [-0.15, -0.1) is 0 Å². The molecule has 0 saturated carbocycles. The summed E-state index contributed by atoms with van der Waals surface area (Å²) in [6.07, 6.45) is 1.91. The summed E-state index contributed by atoms with van der Waals surface area (Å²) in [6.45, 7) is 1.37. The zero-order valence-electron chi connectivity index (χ0n) is 13.6. The van der Waals surface area contributed by atoms with Gasteiger partial charge in [0.05, 0.1) is 6.26 Å². The highest BCUT2D eigenvalue weighted by molar-refractivity contribution is 7.88. The Balaban J connectivity index is 2.85. The van der Waals surface area contributed by atoms with E-state index < -0.39 is 16.1 Å². The summed E-state index contributed by atoms with van der Waals surface area (Å²) in [5.41, 5.74) is 0.653. The fourth-order valence-corrected chi connectivity index (χ4v) is 2.66. The van der Waals surface area contributed by atoms with Gasteiger partial charge in [-0.2, -0.15) is 4.31 Å². The molecule has 1 aromatic carbocycles. The number of sulfonamides is 1. The molecule has 0 bridgehead atoms. The first-order valence-electron chi connectivity index (χ1n) is 7.14. The molecule has 1 amide bonds. The van der Waals surface area contributed by atoms with Crippen molar-refractivity contribution in [1.82, 2.24) is 14.5 Å². The van der Waals surface area contributed by atoms with Crippen LogP contribution in [0, 0.1) is 0 Å². The molecule has 0 spiro atoms. The molecule has 0 aliphatic heterocycles. The molecule has 1 aromatic rings. The van der Waals surface area contributed by atoms with Crippen molar-refractivity contribution in [1.29, 1.82) is 0 Å². The fraction of sp³-hybridized carbons (Fsp3) is 0.533. The zero-order valence-corrected chi connectivity index (χ0v) is 14.4. The Labute approximate surface area is 133 Å². The third-order valence-electron chi connectivity index (χ3n) is 3.33. The SMILES string of the molecule is CN(C)CCCNC(=O)[C@H](c1ccccc1)N(C)S(C)(=O)=O. The quantitative estimate of drug-likeness (QED) is 0.713. The second-order valence-electron chi connectivity index (χ2n) is 5.54. The Morgan fingerprint density at radius 2 is 1.77 bits per heavy atom. The van der Waals surface area contributed by atoms with E-state index in [2.05, 4.69) is 5.32 Å². The predicted octanol–water partition coefficient (Wildman–Crippen LogP) is 0.687. The van der Waals surface area contributed by atoms with Crippen molar-refractivity contribution >= 4 is 15.9 Å². The Morgan fingerprint density at radius 3 is 2.27 bits per heavy atom. The van der Waals surface area contributed by atoms with Crippen molar-refractivity contribution in [2.24, 2.45) is 0 Å². The van der Waals surface area contributed by atoms with Gasteiger partial charge in [-0.3, -0.25) is 4.79 Å². The molecule has 1 atom stereocenters. The highest BCUT2D eigenvalue weighted by Crippen LogP contribution is 2.21. The van der Waals surface area contributed by atoms with E-state index in [9.17, 15) is 13.2 Å². The maximum Gasteiger partial charge on any atom is 0.242 e. The molecule has 1 rings (SSSR count). The minimum Gasteiger partial charge on any atom is -0.354 e. The highest BCUT2D eigenvalue weighted by atomic mass is 32.2. The fourth-order valence-electron chi connectivity index (χ4n) is 2.06. The molecule has 22 heavy (non-hydrogen) atoms. The molecule has 0 aromatic heterocycles. The standard InChI is InChI=1S/C15H25N3O3S/c1-17(2)12-8-11-16-15(19)14(18(3)22(4,20)21)13-9-6-5-7-10-13/h5-7,9-10,14H,8,11-12H2,1-4H3,(H,16,19)/t14-/m0/s1. The summed E-state index contributed by atoms with van der Waals surface area (Å²) >= 11 is 0. The van der Waals surface area contributed by atoms with E-state index in [1.807, 2.05) is 25.1 Å². The summed E-state index contributed by atoms with van der Waals surface area (Å²) in [5.74, 6) is -0.308. The minimum absolute atomic E-state index is 0.308. The van der Waals surface area contributed by atoms with Crippen LogP contribution in [0.15, 0.2) is 30.3 Å². The van der Waals surface area contributed by atoms with Crippen molar-refractivity contribution in [2.75, 3.05) is 40.5 Å². The van der Waals surface area contributed by atoms with Crippen LogP contribution in [0.2, 0.25) is 0 Å². The summed E-state index contributed by atoms with van der Waals surface area (Å²) in [5, 5.41) is 2.82. The van der Waals surface area contributed by atoms with Gasteiger partial charge in [-0.05, 0) is 32.6 Å². The molecule has 6 nitrogen and oxygen atoms in total.